The van der Waals surface area contributed by atoms with Crippen LogP contribution in [0.2, 0.25) is 0 Å². The highest BCUT2D eigenvalue weighted by molar-refractivity contribution is 5.83. The number of nitrogens with one attached hydrogen (secondary N) is 1. The molecule has 2 heterocycles. The number of aromatic nitrogens is 2. The summed E-state index contributed by atoms with van der Waals surface area (Å²) in [5.74, 6) is -1.55. The molecule has 2 aromatic rings. The summed E-state index contributed by atoms with van der Waals surface area (Å²) in [6.07, 6.45) is 1.47. The number of carbonyl (C=O) groups is 2. The van der Waals surface area contributed by atoms with E-state index < -0.39 is 23.5 Å². The summed E-state index contributed by atoms with van der Waals surface area (Å²) in [7, 11) is 0. The molecule has 1 atom stereocenters. The fourth-order valence-electron chi connectivity index (χ4n) is 1.99. The summed E-state index contributed by atoms with van der Waals surface area (Å²) in [5.41, 5.74) is -0.0621. The van der Waals surface area contributed by atoms with Crippen molar-refractivity contribution in [3.8, 4) is 11.5 Å². The number of carboxylic acid groups (broad SMARTS) is 1. The van der Waals surface area contributed by atoms with Crippen LogP contribution in [-0.2, 0) is 16.1 Å². The molecule has 0 aliphatic carbocycles. The van der Waals surface area contributed by atoms with E-state index in [0.29, 0.717) is 11.5 Å². The van der Waals surface area contributed by atoms with E-state index in [1.165, 1.54) is 18.4 Å². The number of hydrogen-bond donors (Lipinski definition) is 2. The summed E-state index contributed by atoms with van der Waals surface area (Å²) < 4.78 is 6.16. The second kappa shape index (κ2) is 6.91. The predicted molar refractivity (Wildman–Crippen MR) is 80.6 cm³/mol. The molecule has 23 heavy (non-hydrogen) atoms. The molecule has 0 bridgehead atoms. The van der Waals surface area contributed by atoms with Gasteiger partial charge in [0.2, 0.25) is 5.91 Å². The van der Waals surface area contributed by atoms with Crippen molar-refractivity contribution in [2.75, 3.05) is 0 Å². The lowest BCUT2D eigenvalue weighted by Crippen LogP contribution is -2.46. The minimum atomic E-state index is -1.13. The minimum Gasteiger partial charge on any atom is -0.480 e. The van der Waals surface area contributed by atoms with Gasteiger partial charge in [0, 0.05) is 6.07 Å². The Morgan fingerprint density at radius 1 is 1.35 bits per heavy atom. The van der Waals surface area contributed by atoms with E-state index in [0.717, 1.165) is 4.68 Å². The van der Waals surface area contributed by atoms with Gasteiger partial charge in [0.25, 0.3) is 5.56 Å². The van der Waals surface area contributed by atoms with Crippen molar-refractivity contribution in [1.82, 2.24) is 15.1 Å². The number of hydrogen-bond acceptors (Lipinski definition) is 5. The highest BCUT2D eigenvalue weighted by Crippen LogP contribution is 2.14. The molecule has 1 amide bonds. The molecular weight excluding hydrogens is 302 g/mol. The number of nitrogens with zero attached hydrogens (tertiary/aromatic N) is 2. The Kier molecular flexibility index (Phi) is 4.95. The van der Waals surface area contributed by atoms with Gasteiger partial charge in [0.1, 0.15) is 18.3 Å². The first-order chi connectivity index (χ1) is 10.9. The van der Waals surface area contributed by atoms with Gasteiger partial charge in [-0.2, -0.15) is 5.10 Å². The molecule has 0 aliphatic rings. The Morgan fingerprint density at radius 2 is 2.09 bits per heavy atom. The van der Waals surface area contributed by atoms with E-state index in [1.807, 2.05) is 0 Å². The predicted octanol–water partition coefficient (Wildman–Crippen LogP) is 0.729. The molecule has 0 aromatic carbocycles. The highest BCUT2D eigenvalue weighted by atomic mass is 16.4. The first-order valence-electron chi connectivity index (χ1n) is 7.02. The largest absolute Gasteiger partial charge is 0.480 e. The Labute approximate surface area is 131 Å². The zero-order chi connectivity index (χ0) is 17.0. The topological polar surface area (TPSA) is 114 Å². The Morgan fingerprint density at radius 3 is 2.65 bits per heavy atom. The zero-order valence-corrected chi connectivity index (χ0v) is 12.7. The van der Waals surface area contributed by atoms with E-state index in [-0.39, 0.29) is 12.5 Å². The molecule has 0 spiro atoms. The number of aliphatic carboxylic acids is 1. The molecule has 2 N–H and O–H groups in total. The van der Waals surface area contributed by atoms with Crippen LogP contribution in [0.3, 0.4) is 0 Å². The summed E-state index contributed by atoms with van der Waals surface area (Å²) in [6, 6.07) is 5.10. The van der Waals surface area contributed by atoms with Crippen molar-refractivity contribution in [2.45, 2.75) is 26.4 Å². The van der Waals surface area contributed by atoms with Crippen molar-refractivity contribution < 1.29 is 19.1 Å². The summed E-state index contributed by atoms with van der Waals surface area (Å²) in [4.78, 5) is 34.9. The van der Waals surface area contributed by atoms with Crippen LogP contribution in [0, 0.1) is 5.92 Å². The SMILES string of the molecule is CC(C)[C@H](NC(=O)Cn1nc(-c2ccco2)ccc1=O)C(=O)O. The third kappa shape index (κ3) is 4.06. The molecular formula is C15H17N3O5. The quantitative estimate of drug-likeness (QED) is 0.811. The Hall–Kier alpha value is -2.90. The van der Waals surface area contributed by atoms with Crippen LogP contribution in [0.4, 0.5) is 0 Å². The molecule has 8 heteroatoms. The van der Waals surface area contributed by atoms with Gasteiger partial charge in [0.05, 0.1) is 6.26 Å². The van der Waals surface area contributed by atoms with Gasteiger partial charge in [-0.3, -0.25) is 9.59 Å². The van der Waals surface area contributed by atoms with Crippen LogP contribution in [0.1, 0.15) is 13.8 Å². The maximum Gasteiger partial charge on any atom is 0.326 e. The van der Waals surface area contributed by atoms with Crippen LogP contribution >= 0.6 is 0 Å². The lowest BCUT2D eigenvalue weighted by atomic mass is 10.1. The number of furan rings is 1. The maximum atomic E-state index is 12.0. The molecule has 8 nitrogen and oxygen atoms in total. The van der Waals surface area contributed by atoms with Crippen LogP contribution in [0.25, 0.3) is 11.5 Å². The number of amides is 1. The average Bonchev–Trinajstić information content (AvgIpc) is 3.00. The molecule has 0 aliphatic heterocycles. The smallest absolute Gasteiger partial charge is 0.326 e. The molecule has 0 saturated carbocycles. The summed E-state index contributed by atoms with van der Waals surface area (Å²) in [5, 5.41) is 15.5. The fraction of sp³-hybridized carbons (Fsp3) is 0.333. The number of rotatable bonds is 6. The lowest BCUT2D eigenvalue weighted by Gasteiger charge is -2.18. The van der Waals surface area contributed by atoms with Crippen LogP contribution in [-0.4, -0.2) is 32.8 Å². The molecule has 2 rings (SSSR count). The Balaban J connectivity index is 2.16. The first kappa shape index (κ1) is 16.5. The zero-order valence-electron chi connectivity index (χ0n) is 12.7. The normalized spacial score (nSPS) is 12.1. The minimum absolute atomic E-state index is 0.282. The maximum absolute atomic E-state index is 12.0. The van der Waals surface area contributed by atoms with Crippen molar-refractivity contribution in [1.29, 1.82) is 0 Å². The first-order valence-corrected chi connectivity index (χ1v) is 7.02. The molecule has 0 unspecified atom stereocenters. The van der Waals surface area contributed by atoms with E-state index in [9.17, 15) is 14.4 Å². The monoisotopic (exact) mass is 319 g/mol. The van der Waals surface area contributed by atoms with Gasteiger partial charge in [-0.1, -0.05) is 13.8 Å². The van der Waals surface area contributed by atoms with Crippen molar-refractivity contribution >= 4 is 11.9 Å². The summed E-state index contributed by atoms with van der Waals surface area (Å²) in [6.45, 7) is 2.99. The van der Waals surface area contributed by atoms with Crippen LogP contribution in [0.5, 0.6) is 0 Å². The molecule has 122 valence electrons. The second-order valence-corrected chi connectivity index (χ2v) is 5.32. The van der Waals surface area contributed by atoms with E-state index >= 15 is 0 Å². The standard InChI is InChI=1S/C15H17N3O5/c1-9(2)14(15(21)22)16-12(19)8-18-13(20)6-5-10(17-18)11-4-3-7-23-11/h3-7,9,14H,8H2,1-2H3,(H,16,19)(H,21,22)/t14-/m0/s1. The van der Waals surface area contributed by atoms with Gasteiger partial charge < -0.3 is 14.8 Å². The number of carboxylic acids is 1. The van der Waals surface area contributed by atoms with E-state index in [4.69, 9.17) is 9.52 Å². The Bertz CT molecular complexity index is 749. The highest BCUT2D eigenvalue weighted by Gasteiger charge is 2.23. The van der Waals surface area contributed by atoms with Crippen molar-refractivity contribution in [2.24, 2.45) is 5.92 Å². The van der Waals surface area contributed by atoms with E-state index in [1.54, 1.807) is 26.0 Å². The molecule has 0 fully saturated rings. The van der Waals surface area contributed by atoms with E-state index in [2.05, 4.69) is 10.4 Å². The van der Waals surface area contributed by atoms with Crippen LogP contribution < -0.4 is 10.9 Å². The fourth-order valence-corrected chi connectivity index (χ4v) is 1.99. The van der Waals surface area contributed by atoms with Crippen molar-refractivity contribution in [3.05, 3.63) is 40.9 Å². The second-order valence-electron chi connectivity index (χ2n) is 5.32. The van der Waals surface area contributed by atoms with Gasteiger partial charge in [-0.25, -0.2) is 9.48 Å². The van der Waals surface area contributed by atoms with Crippen molar-refractivity contribution in [3.63, 3.8) is 0 Å². The van der Waals surface area contributed by atoms with Gasteiger partial charge >= 0.3 is 5.97 Å². The molecule has 2 aromatic heterocycles. The van der Waals surface area contributed by atoms with Gasteiger partial charge in [-0.05, 0) is 24.1 Å². The van der Waals surface area contributed by atoms with Gasteiger partial charge in [0.15, 0.2) is 5.76 Å². The van der Waals surface area contributed by atoms with Crippen LogP contribution in [0.15, 0.2) is 39.7 Å². The third-order valence-electron chi connectivity index (χ3n) is 3.18. The number of carbonyl (C=O) groups excluding carboxylic acids is 1. The summed E-state index contributed by atoms with van der Waals surface area (Å²) >= 11 is 0. The third-order valence-corrected chi connectivity index (χ3v) is 3.18. The lowest BCUT2D eigenvalue weighted by molar-refractivity contribution is -0.143. The molecule has 0 radical (unpaired) electrons. The average molecular weight is 319 g/mol. The molecule has 0 saturated heterocycles. The van der Waals surface area contributed by atoms with Gasteiger partial charge in [-0.15, -0.1) is 0 Å².